The van der Waals surface area contributed by atoms with Gasteiger partial charge in [-0.25, -0.2) is 12.8 Å². The second-order valence-electron chi connectivity index (χ2n) is 3.96. The third kappa shape index (κ3) is 2.74. The number of morpholine rings is 1. The lowest BCUT2D eigenvalue weighted by molar-refractivity contribution is 0.0413. The summed E-state index contributed by atoms with van der Waals surface area (Å²) in [7, 11) is -3.66. The Labute approximate surface area is 114 Å². The van der Waals surface area contributed by atoms with Gasteiger partial charge in [-0.1, -0.05) is 22.0 Å². The van der Waals surface area contributed by atoms with Crippen LogP contribution in [-0.4, -0.2) is 43.9 Å². The molecule has 1 aliphatic heterocycles. The van der Waals surface area contributed by atoms with Crippen LogP contribution >= 0.6 is 15.9 Å². The standard InChI is InChI=1S/C11H13BrFNO3S/c12-7-10-8-17-5-4-14(10)18(15,16)11-3-1-2-9(13)6-11/h1-3,6,10H,4-5,7-8H2. The van der Waals surface area contributed by atoms with E-state index in [0.29, 0.717) is 18.5 Å². The highest BCUT2D eigenvalue weighted by Crippen LogP contribution is 2.22. The summed E-state index contributed by atoms with van der Waals surface area (Å²) in [6, 6.07) is 4.80. The maximum atomic E-state index is 13.1. The summed E-state index contributed by atoms with van der Waals surface area (Å²) < 4.78 is 44.5. The van der Waals surface area contributed by atoms with Crippen LogP contribution < -0.4 is 0 Å². The second-order valence-corrected chi connectivity index (χ2v) is 6.49. The van der Waals surface area contributed by atoms with E-state index in [1.54, 1.807) is 0 Å². The number of halogens is 2. The van der Waals surface area contributed by atoms with Crippen molar-refractivity contribution in [1.29, 1.82) is 0 Å². The highest BCUT2D eigenvalue weighted by Gasteiger charge is 2.33. The Morgan fingerprint density at radius 2 is 2.28 bits per heavy atom. The summed E-state index contributed by atoms with van der Waals surface area (Å²) in [6.45, 7) is 0.993. The minimum atomic E-state index is -3.66. The first-order valence-corrected chi connectivity index (χ1v) is 8.03. The van der Waals surface area contributed by atoms with Crippen LogP contribution in [0.1, 0.15) is 0 Å². The van der Waals surface area contributed by atoms with Gasteiger partial charge in [-0.3, -0.25) is 0 Å². The number of hydrogen-bond donors (Lipinski definition) is 0. The van der Waals surface area contributed by atoms with E-state index in [1.807, 2.05) is 0 Å². The molecular formula is C11H13BrFNO3S. The molecule has 1 fully saturated rings. The van der Waals surface area contributed by atoms with Gasteiger partial charge in [0.1, 0.15) is 5.82 Å². The van der Waals surface area contributed by atoms with Gasteiger partial charge in [0.05, 0.1) is 24.2 Å². The summed E-state index contributed by atoms with van der Waals surface area (Å²) >= 11 is 3.27. The number of alkyl halides is 1. The molecule has 100 valence electrons. The molecule has 1 heterocycles. The quantitative estimate of drug-likeness (QED) is 0.787. The fourth-order valence-corrected chi connectivity index (χ4v) is 4.19. The SMILES string of the molecule is O=S(=O)(c1cccc(F)c1)N1CCOCC1CBr. The highest BCUT2D eigenvalue weighted by atomic mass is 79.9. The number of sulfonamides is 1. The smallest absolute Gasteiger partial charge is 0.243 e. The van der Waals surface area contributed by atoms with Crippen LogP contribution in [0.2, 0.25) is 0 Å². The first-order chi connectivity index (χ1) is 8.55. The lowest BCUT2D eigenvalue weighted by Crippen LogP contribution is -2.49. The average molecular weight is 338 g/mol. The van der Waals surface area contributed by atoms with Crippen molar-refractivity contribution in [2.45, 2.75) is 10.9 Å². The maximum Gasteiger partial charge on any atom is 0.243 e. The zero-order valence-electron chi connectivity index (χ0n) is 9.55. The summed E-state index contributed by atoms with van der Waals surface area (Å²) in [6.07, 6.45) is 0. The van der Waals surface area contributed by atoms with E-state index in [-0.39, 0.29) is 17.5 Å². The summed E-state index contributed by atoms with van der Waals surface area (Å²) in [5, 5.41) is 0.488. The van der Waals surface area contributed by atoms with Crippen molar-refractivity contribution in [2.24, 2.45) is 0 Å². The van der Waals surface area contributed by atoms with Crippen molar-refractivity contribution in [1.82, 2.24) is 4.31 Å². The maximum absolute atomic E-state index is 13.1. The first kappa shape index (κ1) is 13.9. The molecule has 2 rings (SSSR count). The molecular weight excluding hydrogens is 325 g/mol. The molecule has 0 aromatic heterocycles. The van der Waals surface area contributed by atoms with Gasteiger partial charge in [0.25, 0.3) is 0 Å². The molecule has 1 saturated heterocycles. The van der Waals surface area contributed by atoms with Gasteiger partial charge in [-0.2, -0.15) is 4.31 Å². The Kier molecular flexibility index (Phi) is 4.37. The molecule has 1 aromatic carbocycles. The molecule has 0 saturated carbocycles. The Morgan fingerprint density at radius 1 is 1.50 bits per heavy atom. The van der Waals surface area contributed by atoms with E-state index < -0.39 is 15.8 Å². The summed E-state index contributed by atoms with van der Waals surface area (Å²) in [5.74, 6) is -0.556. The summed E-state index contributed by atoms with van der Waals surface area (Å²) in [4.78, 5) is -0.0182. The monoisotopic (exact) mass is 337 g/mol. The molecule has 18 heavy (non-hydrogen) atoms. The molecule has 1 unspecified atom stereocenters. The minimum absolute atomic E-state index is 0.0182. The molecule has 0 spiro atoms. The number of nitrogens with zero attached hydrogens (tertiary/aromatic N) is 1. The normalized spacial score (nSPS) is 22.0. The fourth-order valence-electron chi connectivity index (χ4n) is 1.84. The molecule has 1 aromatic rings. The lowest BCUT2D eigenvalue weighted by Gasteiger charge is -2.33. The average Bonchev–Trinajstić information content (AvgIpc) is 2.38. The lowest BCUT2D eigenvalue weighted by atomic mass is 10.3. The van der Waals surface area contributed by atoms with Gasteiger partial charge < -0.3 is 4.74 Å². The topological polar surface area (TPSA) is 46.6 Å². The Balaban J connectivity index is 2.35. The predicted molar refractivity (Wildman–Crippen MR) is 68.7 cm³/mol. The van der Waals surface area contributed by atoms with Crippen molar-refractivity contribution >= 4 is 26.0 Å². The van der Waals surface area contributed by atoms with Gasteiger partial charge >= 0.3 is 0 Å². The van der Waals surface area contributed by atoms with Crippen LogP contribution in [0.25, 0.3) is 0 Å². The highest BCUT2D eigenvalue weighted by molar-refractivity contribution is 9.09. The van der Waals surface area contributed by atoms with Crippen LogP contribution in [0.3, 0.4) is 0 Å². The Bertz CT molecular complexity index is 523. The molecule has 1 aliphatic rings. The largest absolute Gasteiger partial charge is 0.378 e. The van der Waals surface area contributed by atoms with Gasteiger partial charge in [0.2, 0.25) is 10.0 Å². The molecule has 0 radical (unpaired) electrons. The zero-order valence-corrected chi connectivity index (χ0v) is 12.0. The number of benzene rings is 1. The fraction of sp³-hybridized carbons (Fsp3) is 0.455. The van der Waals surface area contributed by atoms with E-state index in [2.05, 4.69) is 15.9 Å². The van der Waals surface area contributed by atoms with Gasteiger partial charge in [0.15, 0.2) is 0 Å². The number of hydrogen-bond acceptors (Lipinski definition) is 3. The third-order valence-electron chi connectivity index (χ3n) is 2.75. The second kappa shape index (κ2) is 5.64. The van der Waals surface area contributed by atoms with Crippen LogP contribution in [0.5, 0.6) is 0 Å². The third-order valence-corrected chi connectivity index (χ3v) is 5.45. The number of ether oxygens (including phenoxy) is 1. The van der Waals surface area contributed by atoms with Crippen molar-refractivity contribution < 1.29 is 17.5 Å². The van der Waals surface area contributed by atoms with Gasteiger partial charge in [0, 0.05) is 11.9 Å². The van der Waals surface area contributed by atoms with E-state index in [1.165, 1.54) is 22.5 Å². The van der Waals surface area contributed by atoms with Crippen molar-refractivity contribution in [3.8, 4) is 0 Å². The molecule has 0 N–H and O–H groups in total. The van der Waals surface area contributed by atoms with Crippen molar-refractivity contribution in [2.75, 3.05) is 25.1 Å². The van der Waals surface area contributed by atoms with Crippen molar-refractivity contribution in [3.05, 3.63) is 30.1 Å². The molecule has 0 aliphatic carbocycles. The minimum Gasteiger partial charge on any atom is -0.378 e. The predicted octanol–water partition coefficient (Wildman–Crippen LogP) is 1.61. The van der Waals surface area contributed by atoms with E-state index in [0.717, 1.165) is 6.07 Å². The number of rotatable bonds is 3. The van der Waals surface area contributed by atoms with Crippen LogP contribution in [0.4, 0.5) is 4.39 Å². The molecule has 4 nitrogen and oxygen atoms in total. The zero-order chi connectivity index (χ0) is 13.2. The molecule has 1 atom stereocenters. The van der Waals surface area contributed by atoms with E-state index >= 15 is 0 Å². The van der Waals surface area contributed by atoms with Crippen LogP contribution in [0.15, 0.2) is 29.2 Å². The van der Waals surface area contributed by atoms with Crippen molar-refractivity contribution in [3.63, 3.8) is 0 Å². The first-order valence-electron chi connectivity index (χ1n) is 5.47. The Hall–Kier alpha value is -0.500. The van der Waals surface area contributed by atoms with Gasteiger partial charge in [-0.15, -0.1) is 0 Å². The van der Waals surface area contributed by atoms with Gasteiger partial charge in [-0.05, 0) is 18.2 Å². The Morgan fingerprint density at radius 3 is 2.94 bits per heavy atom. The molecule has 0 bridgehead atoms. The molecule has 0 amide bonds. The van der Waals surface area contributed by atoms with Crippen LogP contribution in [-0.2, 0) is 14.8 Å². The van der Waals surface area contributed by atoms with E-state index in [4.69, 9.17) is 4.74 Å². The van der Waals surface area contributed by atoms with E-state index in [9.17, 15) is 12.8 Å². The summed E-state index contributed by atoms with van der Waals surface area (Å²) in [5.41, 5.74) is 0. The molecule has 7 heteroatoms. The van der Waals surface area contributed by atoms with Crippen LogP contribution in [0, 0.1) is 5.82 Å².